The van der Waals surface area contributed by atoms with E-state index in [0.29, 0.717) is 0 Å². The molecule has 0 aliphatic carbocycles. The van der Waals surface area contributed by atoms with E-state index in [4.69, 9.17) is 0 Å². The van der Waals surface area contributed by atoms with Crippen molar-refractivity contribution in [3.8, 4) is 0 Å². The van der Waals surface area contributed by atoms with Crippen molar-refractivity contribution in [2.24, 2.45) is 0 Å². The fourth-order valence-corrected chi connectivity index (χ4v) is 0.269. The third-order valence-electron chi connectivity index (χ3n) is 0.503. The molecular formula is C6H3-. The highest BCUT2D eigenvalue weighted by molar-refractivity contribution is 4.88. The molecular weight excluding hydrogens is 72.1 g/mol. The number of hydrogen-bond acceptors (Lipinski definition) is 0. The summed E-state index contributed by atoms with van der Waals surface area (Å²) in [5.74, 6) is 0. The first kappa shape index (κ1) is 3.24. The normalized spacial score (nSPS) is 6.67. The predicted octanol–water partition coefficient (Wildman–Crippen LogP) is 1.09. The zero-order valence-electron chi connectivity index (χ0n) is 3.23. The van der Waals surface area contributed by atoms with Gasteiger partial charge in [0.1, 0.15) is 0 Å². The Balaban J connectivity index is 3.00. The third-order valence-corrected chi connectivity index (χ3v) is 0.503. The second-order valence-electron chi connectivity index (χ2n) is 0.939. The van der Waals surface area contributed by atoms with Crippen LogP contribution in [-0.2, 0) is 0 Å². The van der Waals surface area contributed by atoms with Gasteiger partial charge in [-0.1, -0.05) is 0 Å². The molecule has 0 aliphatic rings. The fourth-order valence-electron chi connectivity index (χ4n) is 0.269. The Kier molecular flexibility index (Phi) is 0.793. The lowest BCUT2D eigenvalue weighted by molar-refractivity contribution is 1.74. The topological polar surface area (TPSA) is 0 Å². The maximum Gasteiger partial charge on any atom is -0.128 e. The molecule has 0 N–H and O–H groups in total. The van der Waals surface area contributed by atoms with Crippen molar-refractivity contribution in [1.82, 2.24) is 0 Å². The summed E-state index contributed by atoms with van der Waals surface area (Å²) >= 11 is 0. The van der Waals surface area contributed by atoms with E-state index in [-0.39, 0.29) is 0 Å². The second kappa shape index (κ2) is 1.47. The summed E-state index contributed by atoms with van der Waals surface area (Å²) in [4.78, 5) is 0. The Morgan fingerprint density at radius 2 is 2.50 bits per heavy atom. The monoisotopic (exact) mass is 75.0 g/mol. The van der Waals surface area contributed by atoms with Gasteiger partial charge < -0.3 is 0 Å². The molecule has 0 heteroatoms. The van der Waals surface area contributed by atoms with E-state index in [1.807, 2.05) is 6.07 Å². The highest BCUT2D eigenvalue weighted by Gasteiger charge is 1.40. The molecule has 0 unspecified atom stereocenters. The van der Waals surface area contributed by atoms with E-state index in [2.05, 4.69) is 18.2 Å². The van der Waals surface area contributed by atoms with Crippen molar-refractivity contribution < 1.29 is 0 Å². The first-order valence-electron chi connectivity index (χ1n) is 1.74. The largest absolute Gasteiger partial charge is 0.237 e. The van der Waals surface area contributed by atoms with Gasteiger partial charge in [-0.2, -0.15) is 12.1 Å². The van der Waals surface area contributed by atoms with Gasteiger partial charge in [-0.25, -0.2) is 12.1 Å². The molecule has 0 bridgehead atoms. The molecule has 0 aromatic heterocycles. The van der Waals surface area contributed by atoms with E-state index >= 15 is 0 Å². The van der Waals surface area contributed by atoms with Crippen LogP contribution in [-0.4, -0.2) is 0 Å². The molecule has 0 saturated heterocycles. The summed E-state index contributed by atoms with van der Waals surface area (Å²) in [6.45, 7) is 0. The van der Waals surface area contributed by atoms with Crippen molar-refractivity contribution in [3.63, 3.8) is 0 Å². The second-order valence-corrected chi connectivity index (χ2v) is 0.939. The van der Waals surface area contributed by atoms with Crippen molar-refractivity contribution in [1.29, 1.82) is 0 Å². The molecule has 0 saturated carbocycles. The summed E-state index contributed by atoms with van der Waals surface area (Å²) < 4.78 is 0. The molecule has 0 spiro atoms. The van der Waals surface area contributed by atoms with Gasteiger partial charge in [0, 0.05) is 0 Å². The molecule has 0 heterocycles. The predicted molar refractivity (Wildman–Crippen MR) is 22.9 cm³/mol. The van der Waals surface area contributed by atoms with Crippen molar-refractivity contribution in [2.75, 3.05) is 0 Å². The zero-order chi connectivity index (χ0) is 4.24. The highest BCUT2D eigenvalue weighted by Crippen LogP contribution is 1.70. The van der Waals surface area contributed by atoms with Crippen LogP contribution in [0.4, 0.5) is 0 Å². The Morgan fingerprint density at radius 3 is 2.67 bits per heavy atom. The lowest BCUT2D eigenvalue weighted by Crippen LogP contribution is -1.44. The standard InChI is InChI=1S/C6H3/c1-2-4-6-5-3-1/h1-3H/q-1. The molecule has 0 amide bonds. The smallest absolute Gasteiger partial charge is 0.128 e. The van der Waals surface area contributed by atoms with Gasteiger partial charge in [0.25, 0.3) is 0 Å². The molecule has 28 valence electrons. The highest BCUT2D eigenvalue weighted by atomic mass is 13.6. The van der Waals surface area contributed by atoms with Crippen molar-refractivity contribution >= 4 is 0 Å². The summed E-state index contributed by atoms with van der Waals surface area (Å²) in [5.41, 5.74) is 0. The van der Waals surface area contributed by atoms with Crippen LogP contribution in [0, 0.1) is 18.2 Å². The van der Waals surface area contributed by atoms with Gasteiger partial charge >= 0.3 is 0 Å². The van der Waals surface area contributed by atoms with Crippen LogP contribution in [0.3, 0.4) is 0 Å². The SMILES string of the molecule is c1[c-]cccc#1. The Labute approximate surface area is 37.4 Å². The molecule has 1 aromatic rings. The lowest BCUT2D eigenvalue weighted by Gasteiger charge is -1.73. The summed E-state index contributed by atoms with van der Waals surface area (Å²) in [6, 6.07) is 13.5. The first-order valence-corrected chi connectivity index (χ1v) is 1.74. The van der Waals surface area contributed by atoms with Crippen LogP contribution >= 0.6 is 0 Å². The van der Waals surface area contributed by atoms with E-state index in [1.165, 1.54) is 0 Å². The first-order chi connectivity index (χ1) is 3.00. The maximum atomic E-state index is 2.71. The van der Waals surface area contributed by atoms with Crippen LogP contribution in [0.25, 0.3) is 0 Å². The summed E-state index contributed by atoms with van der Waals surface area (Å²) in [5, 5.41) is 0. The Bertz CT molecular complexity index is 72.0. The average molecular weight is 75.1 g/mol. The molecule has 0 fully saturated rings. The van der Waals surface area contributed by atoms with Gasteiger partial charge in [0.05, 0.1) is 0 Å². The van der Waals surface area contributed by atoms with Crippen molar-refractivity contribution in [2.45, 2.75) is 0 Å². The third kappa shape index (κ3) is 0.498. The van der Waals surface area contributed by atoms with E-state index in [0.717, 1.165) is 0 Å². The van der Waals surface area contributed by atoms with E-state index in [9.17, 15) is 0 Å². The maximum absolute atomic E-state index is 2.71. The molecule has 0 nitrogen and oxygen atoms in total. The van der Waals surface area contributed by atoms with Crippen LogP contribution in [0.1, 0.15) is 0 Å². The summed E-state index contributed by atoms with van der Waals surface area (Å²) in [7, 11) is 0. The van der Waals surface area contributed by atoms with Gasteiger partial charge in [0.15, 0.2) is 0 Å². The molecule has 0 atom stereocenters. The average Bonchev–Trinajstić information content (AvgIpc) is 1.72. The van der Waals surface area contributed by atoms with E-state index < -0.39 is 0 Å². The zero-order valence-corrected chi connectivity index (χ0v) is 3.23. The molecule has 0 aliphatic heterocycles. The number of rotatable bonds is 0. The Hall–Kier alpha value is -0.960. The minimum Gasteiger partial charge on any atom is -0.237 e. The van der Waals surface area contributed by atoms with Crippen LogP contribution < -0.4 is 0 Å². The van der Waals surface area contributed by atoms with Gasteiger partial charge in [-0.05, 0) is 0 Å². The summed E-state index contributed by atoms with van der Waals surface area (Å²) in [6.07, 6.45) is 0. The van der Waals surface area contributed by atoms with Gasteiger partial charge in [-0.15, -0.1) is 12.1 Å². The van der Waals surface area contributed by atoms with Crippen LogP contribution in [0.2, 0.25) is 0 Å². The van der Waals surface area contributed by atoms with Gasteiger partial charge in [-0.3, -0.25) is 0 Å². The lowest BCUT2D eigenvalue weighted by atomic mass is 10.4. The fraction of sp³-hybridized carbons (Fsp3) is 0. The molecule has 6 heavy (non-hydrogen) atoms. The van der Waals surface area contributed by atoms with Crippen LogP contribution in [0.15, 0.2) is 18.2 Å². The molecule has 1 aromatic carbocycles. The molecule has 1 rings (SSSR count). The quantitative estimate of drug-likeness (QED) is 0.405. The molecule has 0 radical (unpaired) electrons. The van der Waals surface area contributed by atoms with Crippen LogP contribution in [0.5, 0.6) is 0 Å². The Morgan fingerprint density at radius 1 is 1.50 bits per heavy atom. The van der Waals surface area contributed by atoms with Gasteiger partial charge in [0.2, 0.25) is 0 Å². The van der Waals surface area contributed by atoms with Crippen molar-refractivity contribution in [3.05, 3.63) is 36.4 Å². The van der Waals surface area contributed by atoms with E-state index in [1.54, 1.807) is 12.1 Å². The number of hydrogen-bond donors (Lipinski definition) is 0. The minimum atomic E-state index is 1.79. The minimum absolute atomic E-state index is 1.79.